The van der Waals surface area contributed by atoms with E-state index < -0.39 is 0 Å². The predicted molar refractivity (Wildman–Crippen MR) is 54.5 cm³/mol. The molecule has 0 heterocycles. The van der Waals surface area contributed by atoms with E-state index >= 15 is 0 Å². The van der Waals surface area contributed by atoms with Gasteiger partial charge in [0.1, 0.15) is 0 Å². The summed E-state index contributed by atoms with van der Waals surface area (Å²) in [6.45, 7) is 0. The average molecular weight is 172 g/mol. The third kappa shape index (κ3) is 1.39. The molecule has 0 bridgehead atoms. The molecule has 0 N–H and O–H groups in total. The lowest BCUT2D eigenvalue weighted by Gasteiger charge is -2.10. The molecule has 0 saturated heterocycles. The molecule has 0 nitrogen and oxygen atoms in total. The van der Waals surface area contributed by atoms with Crippen LogP contribution >= 0.6 is 0 Å². The lowest BCUT2D eigenvalue weighted by atomic mass is 9.95. The largest absolute Gasteiger partial charge is 0.0622 e. The number of fused-ring (bicyclic) bond motifs is 1. The van der Waals surface area contributed by atoms with Gasteiger partial charge in [-0.3, -0.25) is 0 Å². The highest BCUT2D eigenvalue weighted by Crippen LogP contribution is 2.56. The zero-order valence-electron chi connectivity index (χ0n) is 7.95. The monoisotopic (exact) mass is 172 g/mol. The zero-order chi connectivity index (χ0) is 8.67. The molecule has 1 aromatic rings. The zero-order valence-corrected chi connectivity index (χ0v) is 7.95. The summed E-state index contributed by atoms with van der Waals surface area (Å²) in [5.41, 5.74) is 1.54. The summed E-state index contributed by atoms with van der Waals surface area (Å²) < 4.78 is 0. The first-order chi connectivity index (χ1) is 6.43. The first-order valence-corrected chi connectivity index (χ1v) is 5.47. The van der Waals surface area contributed by atoms with Gasteiger partial charge < -0.3 is 0 Å². The molecule has 2 fully saturated rings. The van der Waals surface area contributed by atoms with E-state index in [0.29, 0.717) is 0 Å². The molecular formula is C13H16. The highest BCUT2D eigenvalue weighted by atomic mass is 14.5. The van der Waals surface area contributed by atoms with Crippen LogP contribution in [0, 0.1) is 17.8 Å². The maximum atomic E-state index is 2.27. The normalized spacial score (nSPS) is 35.8. The SMILES string of the molecule is c1ccc(C[C@@H]2CC[C@H]3C[C@@H]23)cc1. The molecular weight excluding hydrogens is 156 g/mol. The molecule has 0 heteroatoms. The van der Waals surface area contributed by atoms with E-state index in [1.807, 2.05) is 0 Å². The van der Waals surface area contributed by atoms with Crippen LogP contribution in [0.25, 0.3) is 0 Å². The van der Waals surface area contributed by atoms with Crippen LogP contribution in [0.5, 0.6) is 0 Å². The molecule has 0 aliphatic heterocycles. The summed E-state index contributed by atoms with van der Waals surface area (Å²) in [4.78, 5) is 0. The summed E-state index contributed by atoms with van der Waals surface area (Å²) in [5, 5.41) is 0. The third-order valence-corrected chi connectivity index (χ3v) is 3.83. The number of hydrogen-bond donors (Lipinski definition) is 0. The maximum absolute atomic E-state index is 2.27. The first kappa shape index (κ1) is 7.61. The first-order valence-electron chi connectivity index (χ1n) is 5.47. The molecule has 2 aliphatic rings. The maximum Gasteiger partial charge on any atom is -0.0248 e. The van der Waals surface area contributed by atoms with Gasteiger partial charge in [0.05, 0.1) is 0 Å². The fraction of sp³-hybridized carbons (Fsp3) is 0.538. The molecule has 2 aliphatic carbocycles. The van der Waals surface area contributed by atoms with Crippen LogP contribution in [0.15, 0.2) is 30.3 Å². The van der Waals surface area contributed by atoms with E-state index in [1.165, 1.54) is 25.7 Å². The minimum Gasteiger partial charge on any atom is -0.0622 e. The van der Waals surface area contributed by atoms with Crippen molar-refractivity contribution in [1.29, 1.82) is 0 Å². The number of benzene rings is 1. The second-order valence-corrected chi connectivity index (χ2v) is 4.69. The van der Waals surface area contributed by atoms with Crippen molar-refractivity contribution >= 4 is 0 Å². The Morgan fingerprint density at radius 3 is 2.54 bits per heavy atom. The molecule has 0 aromatic heterocycles. The molecule has 68 valence electrons. The van der Waals surface area contributed by atoms with Crippen LogP contribution in [0.3, 0.4) is 0 Å². The van der Waals surface area contributed by atoms with E-state index in [1.54, 1.807) is 5.56 Å². The van der Waals surface area contributed by atoms with Crippen LogP contribution < -0.4 is 0 Å². The standard InChI is InChI=1S/C13H16/c1-2-4-10(5-3-1)8-11-6-7-12-9-13(11)12/h1-5,11-13H,6-9H2/t11-,12-,13-/m0/s1. The fourth-order valence-corrected chi connectivity index (χ4v) is 2.99. The van der Waals surface area contributed by atoms with Crippen molar-refractivity contribution in [2.24, 2.45) is 17.8 Å². The van der Waals surface area contributed by atoms with Crippen molar-refractivity contribution in [2.75, 3.05) is 0 Å². The summed E-state index contributed by atoms with van der Waals surface area (Å²) in [5.74, 6) is 3.27. The van der Waals surface area contributed by atoms with E-state index in [0.717, 1.165) is 17.8 Å². The van der Waals surface area contributed by atoms with Crippen molar-refractivity contribution in [1.82, 2.24) is 0 Å². The van der Waals surface area contributed by atoms with E-state index in [9.17, 15) is 0 Å². The van der Waals surface area contributed by atoms with Gasteiger partial charge in [0.2, 0.25) is 0 Å². The lowest BCUT2D eigenvalue weighted by molar-refractivity contribution is 0.478. The Morgan fingerprint density at radius 2 is 1.92 bits per heavy atom. The second-order valence-electron chi connectivity index (χ2n) is 4.69. The lowest BCUT2D eigenvalue weighted by Crippen LogP contribution is -2.02. The van der Waals surface area contributed by atoms with Crippen molar-refractivity contribution in [3.8, 4) is 0 Å². The van der Waals surface area contributed by atoms with Crippen molar-refractivity contribution < 1.29 is 0 Å². The van der Waals surface area contributed by atoms with Gasteiger partial charge in [-0.15, -0.1) is 0 Å². The van der Waals surface area contributed by atoms with Gasteiger partial charge in [-0.1, -0.05) is 30.3 Å². The molecule has 13 heavy (non-hydrogen) atoms. The Bertz CT molecular complexity index is 288. The van der Waals surface area contributed by atoms with Crippen LogP contribution in [0.1, 0.15) is 24.8 Å². The van der Waals surface area contributed by atoms with Gasteiger partial charge in [0.25, 0.3) is 0 Å². The van der Waals surface area contributed by atoms with Crippen LogP contribution in [0.4, 0.5) is 0 Å². The van der Waals surface area contributed by atoms with Crippen molar-refractivity contribution in [3.05, 3.63) is 35.9 Å². The Hall–Kier alpha value is -0.780. The molecule has 0 unspecified atom stereocenters. The van der Waals surface area contributed by atoms with Gasteiger partial charge in [-0.05, 0) is 49.0 Å². The molecule has 3 rings (SSSR count). The Kier molecular flexibility index (Phi) is 1.68. The molecule has 0 radical (unpaired) electrons. The average Bonchev–Trinajstić information content (AvgIpc) is 2.86. The minimum absolute atomic E-state index is 1.02. The van der Waals surface area contributed by atoms with Crippen LogP contribution in [-0.4, -0.2) is 0 Å². The third-order valence-electron chi connectivity index (χ3n) is 3.83. The van der Waals surface area contributed by atoms with Gasteiger partial charge in [0.15, 0.2) is 0 Å². The number of hydrogen-bond acceptors (Lipinski definition) is 0. The van der Waals surface area contributed by atoms with Crippen molar-refractivity contribution in [2.45, 2.75) is 25.7 Å². The van der Waals surface area contributed by atoms with Crippen LogP contribution in [0.2, 0.25) is 0 Å². The topological polar surface area (TPSA) is 0 Å². The Labute approximate surface area is 80.0 Å². The van der Waals surface area contributed by atoms with E-state index in [2.05, 4.69) is 30.3 Å². The highest BCUT2D eigenvalue weighted by molar-refractivity contribution is 5.16. The summed E-state index contributed by atoms with van der Waals surface area (Å²) >= 11 is 0. The van der Waals surface area contributed by atoms with Gasteiger partial charge in [0, 0.05) is 0 Å². The number of rotatable bonds is 2. The molecule has 3 atom stereocenters. The molecule has 0 spiro atoms. The highest BCUT2D eigenvalue weighted by Gasteiger charge is 2.47. The predicted octanol–water partition coefficient (Wildman–Crippen LogP) is 3.28. The summed E-state index contributed by atoms with van der Waals surface area (Å²) in [6.07, 6.45) is 5.88. The summed E-state index contributed by atoms with van der Waals surface area (Å²) in [7, 11) is 0. The van der Waals surface area contributed by atoms with Gasteiger partial charge in [-0.2, -0.15) is 0 Å². The summed E-state index contributed by atoms with van der Waals surface area (Å²) in [6, 6.07) is 11.0. The smallest absolute Gasteiger partial charge is 0.0248 e. The van der Waals surface area contributed by atoms with Crippen LogP contribution in [-0.2, 0) is 6.42 Å². The van der Waals surface area contributed by atoms with Gasteiger partial charge in [-0.25, -0.2) is 0 Å². The fourth-order valence-electron chi connectivity index (χ4n) is 2.99. The second kappa shape index (κ2) is 2.87. The van der Waals surface area contributed by atoms with Crippen molar-refractivity contribution in [3.63, 3.8) is 0 Å². The molecule has 1 aromatic carbocycles. The Balaban J connectivity index is 1.69. The van der Waals surface area contributed by atoms with Gasteiger partial charge >= 0.3 is 0 Å². The molecule has 2 saturated carbocycles. The van der Waals surface area contributed by atoms with E-state index in [-0.39, 0.29) is 0 Å². The van der Waals surface area contributed by atoms with E-state index in [4.69, 9.17) is 0 Å². The molecule has 0 amide bonds. The quantitative estimate of drug-likeness (QED) is 0.642. The minimum atomic E-state index is 1.02. The Morgan fingerprint density at radius 1 is 1.08 bits per heavy atom.